The summed E-state index contributed by atoms with van der Waals surface area (Å²) in [6, 6.07) is -16.8. The van der Waals surface area contributed by atoms with E-state index in [9.17, 15) is 93.0 Å². The van der Waals surface area contributed by atoms with E-state index in [2.05, 4.69) is 55.2 Å². The molecule has 0 unspecified atom stereocenters. The maximum atomic E-state index is 13.5. The van der Waals surface area contributed by atoms with Crippen molar-refractivity contribution in [2.75, 3.05) is 25.5 Å². The first-order valence-electron chi connectivity index (χ1n) is 22.8. The molecule has 22 N–H and O–H groups in total. The highest BCUT2D eigenvalue weighted by Crippen LogP contribution is 2.09. The van der Waals surface area contributed by atoms with Crippen molar-refractivity contribution in [3.63, 3.8) is 0 Å². The third-order valence-electron chi connectivity index (χ3n) is 10.6. The Morgan fingerprint density at radius 3 is 1.32 bits per heavy atom. The monoisotopic (exact) mass is 1080 g/mol. The van der Waals surface area contributed by atoms with Crippen molar-refractivity contribution < 1.29 is 93.0 Å². The van der Waals surface area contributed by atoms with E-state index in [4.69, 9.17) is 17.2 Å². The first kappa shape index (κ1) is 67.2. The lowest BCUT2D eigenvalue weighted by Gasteiger charge is -2.28. The summed E-state index contributed by atoms with van der Waals surface area (Å²) in [5, 5.41) is 81.2. The van der Waals surface area contributed by atoms with Crippen molar-refractivity contribution in [1.29, 1.82) is 0 Å². The van der Waals surface area contributed by atoms with Crippen LogP contribution >= 0.6 is 12.6 Å². The summed E-state index contributed by atoms with van der Waals surface area (Å²) < 4.78 is 0. The third kappa shape index (κ3) is 23.4. The summed E-state index contributed by atoms with van der Waals surface area (Å²) in [7, 11) is 0. The molecule has 0 bridgehead atoms. The van der Waals surface area contributed by atoms with E-state index < -0.39 is 206 Å². The summed E-state index contributed by atoms with van der Waals surface area (Å²) in [4.78, 5) is 166. The Kier molecular flexibility index (Phi) is 30.1. The van der Waals surface area contributed by atoms with E-state index >= 15 is 0 Å². The summed E-state index contributed by atoms with van der Waals surface area (Å²) in [5.74, 6) is -16.2. The SMILES string of the molecule is CC[C@H](C)[C@H](NC(=O)[C@H](CC(=O)O)NC(=O)[C@H](CS)NC(=O)[C@H](CCC(N)=O)NC(=O)[C@@H](NC(=O)CNC(=O)[C@@H](NC(=O)[C@@H](NC(=O)[C@H](CO)NC(=O)[C@H](CO)NC(=O)[C@H](C)N)[C@@H](C)O)[C@@H](C)O)[C@@H](C)O)C(N)=O. The number of hydrogen-bond donors (Lipinski definition) is 20. The zero-order chi connectivity index (χ0) is 57.3. The molecule has 0 spiro atoms. The molecule has 14 atom stereocenters. The van der Waals surface area contributed by atoms with Crippen LogP contribution in [0.15, 0.2) is 0 Å². The number of carbonyl (C=O) groups excluding carboxylic acids is 12. The van der Waals surface area contributed by atoms with Crippen LogP contribution in [0, 0.1) is 5.92 Å². The molecule has 0 saturated carbocycles. The summed E-state index contributed by atoms with van der Waals surface area (Å²) >= 11 is 4.03. The van der Waals surface area contributed by atoms with Crippen molar-refractivity contribution in [1.82, 2.24) is 53.2 Å². The third-order valence-corrected chi connectivity index (χ3v) is 11.0. The van der Waals surface area contributed by atoms with Gasteiger partial charge in [0.1, 0.15) is 54.4 Å². The number of aliphatic carboxylic acids is 1. The molecule has 33 heteroatoms. The molecule has 12 amide bonds. The minimum atomic E-state index is -1.94. The quantitative estimate of drug-likeness (QED) is 0.0266. The van der Waals surface area contributed by atoms with Gasteiger partial charge in [-0.25, -0.2) is 0 Å². The Morgan fingerprint density at radius 2 is 0.878 bits per heavy atom. The van der Waals surface area contributed by atoms with Crippen LogP contribution in [-0.4, -0.2) is 212 Å². The molecule has 0 heterocycles. The molecule has 0 saturated heterocycles. The predicted molar refractivity (Wildman–Crippen MR) is 256 cm³/mol. The highest BCUT2D eigenvalue weighted by atomic mass is 32.1. The number of amides is 12. The number of carboxylic acid groups (broad SMARTS) is 1. The van der Waals surface area contributed by atoms with E-state index in [-0.39, 0.29) is 0 Å². The van der Waals surface area contributed by atoms with Gasteiger partial charge in [0.15, 0.2) is 0 Å². The van der Waals surface area contributed by atoms with Crippen LogP contribution < -0.4 is 70.4 Å². The van der Waals surface area contributed by atoms with Crippen LogP contribution in [0.2, 0.25) is 0 Å². The lowest BCUT2D eigenvalue weighted by atomic mass is 9.98. The first-order chi connectivity index (χ1) is 34.4. The molecule has 0 aromatic carbocycles. The molecular weight excluding hydrogens is 1010 g/mol. The fourth-order valence-corrected chi connectivity index (χ4v) is 6.36. The molecular formula is C41H71N13O19S. The highest BCUT2D eigenvalue weighted by Gasteiger charge is 2.37. The van der Waals surface area contributed by atoms with Crippen LogP contribution in [0.25, 0.3) is 0 Å². The molecule has 420 valence electrons. The van der Waals surface area contributed by atoms with Gasteiger partial charge >= 0.3 is 5.97 Å². The van der Waals surface area contributed by atoms with Gasteiger partial charge in [-0.1, -0.05) is 20.3 Å². The average molecular weight is 1080 g/mol. The number of hydrogen-bond acceptors (Lipinski definition) is 20. The van der Waals surface area contributed by atoms with Crippen LogP contribution in [0.5, 0.6) is 0 Å². The van der Waals surface area contributed by atoms with E-state index in [1.54, 1.807) is 13.8 Å². The number of aliphatic hydroxyl groups excluding tert-OH is 5. The maximum Gasteiger partial charge on any atom is 0.305 e. The average Bonchev–Trinajstić information content (AvgIpc) is 3.31. The van der Waals surface area contributed by atoms with Crippen LogP contribution in [0.3, 0.4) is 0 Å². The smallest absolute Gasteiger partial charge is 0.305 e. The van der Waals surface area contributed by atoms with Gasteiger partial charge in [0.05, 0.1) is 50.5 Å². The van der Waals surface area contributed by atoms with Crippen molar-refractivity contribution in [2.24, 2.45) is 23.1 Å². The van der Waals surface area contributed by atoms with Gasteiger partial charge in [-0.05, 0) is 40.0 Å². The summed E-state index contributed by atoms with van der Waals surface area (Å²) in [6.45, 7) is 4.56. The molecule has 0 aromatic rings. The molecule has 0 aliphatic rings. The number of carboxylic acids is 1. The van der Waals surface area contributed by atoms with Gasteiger partial charge in [-0.3, -0.25) is 62.3 Å². The lowest BCUT2D eigenvalue weighted by Crippen LogP contribution is -2.63. The van der Waals surface area contributed by atoms with E-state index in [0.717, 1.165) is 20.8 Å². The van der Waals surface area contributed by atoms with Gasteiger partial charge in [-0.2, -0.15) is 12.6 Å². The normalized spacial score (nSPS) is 16.7. The minimum Gasteiger partial charge on any atom is -0.481 e. The Balaban J connectivity index is 6.07. The van der Waals surface area contributed by atoms with Gasteiger partial charge < -0.3 is 101 Å². The Hall–Kier alpha value is -6.78. The van der Waals surface area contributed by atoms with Gasteiger partial charge in [-0.15, -0.1) is 0 Å². The number of nitrogens with one attached hydrogen (secondary N) is 10. The second-order valence-corrected chi connectivity index (χ2v) is 17.3. The molecule has 0 aromatic heterocycles. The Morgan fingerprint density at radius 1 is 0.500 bits per heavy atom. The standard InChI is InChI=1S/C41H71N13O19S/c1-7-15(2)28(32(44)64)52-35(67)21(10-27(62)63)47-38(70)24(14-74)50-34(66)20(8-9-25(43)60)46-40(72)30(18(5)58)51-26(61)11-45-39(71)29(17(4)57)54-41(73)31(19(6)59)53-37(69)23(13-56)49-36(68)22(12-55)48-33(65)16(3)42/h15-24,28-31,55-59,74H,7-14,42H2,1-6H3,(H2,43,60)(H2,44,64)(H,45,71)(H,46,72)(H,47,70)(H,48,65)(H,49,68)(H,50,66)(H,51,61)(H,52,67)(H,53,69)(H,54,73)(H,62,63)/t15-,16-,17+,18+,19+,20-,21-,22-,23-,24-,28-,29-,30-,31-/m0/s1. The number of thiol groups is 1. The van der Waals surface area contributed by atoms with Crippen molar-refractivity contribution in [3.8, 4) is 0 Å². The number of aliphatic hydroxyl groups is 5. The Bertz CT molecular complexity index is 2010. The van der Waals surface area contributed by atoms with Crippen LogP contribution in [-0.2, 0) is 62.3 Å². The zero-order valence-electron chi connectivity index (χ0n) is 41.4. The van der Waals surface area contributed by atoms with Crippen molar-refractivity contribution in [2.45, 2.75) is 146 Å². The summed E-state index contributed by atoms with van der Waals surface area (Å²) in [5.41, 5.74) is 16.1. The highest BCUT2D eigenvalue weighted by molar-refractivity contribution is 7.80. The van der Waals surface area contributed by atoms with Crippen molar-refractivity contribution >= 4 is 89.5 Å². The largest absolute Gasteiger partial charge is 0.481 e. The minimum absolute atomic E-state index is 0.376. The van der Waals surface area contributed by atoms with E-state index in [1.807, 2.05) is 10.6 Å². The molecule has 0 radical (unpaired) electrons. The van der Waals surface area contributed by atoms with Crippen LogP contribution in [0.1, 0.15) is 67.2 Å². The topological polar surface area (TPSA) is 542 Å². The molecule has 0 aliphatic heterocycles. The molecule has 74 heavy (non-hydrogen) atoms. The molecule has 32 nitrogen and oxygen atoms in total. The lowest BCUT2D eigenvalue weighted by molar-refractivity contribution is -0.141. The number of carbonyl (C=O) groups is 13. The maximum absolute atomic E-state index is 13.5. The van der Waals surface area contributed by atoms with Crippen molar-refractivity contribution in [3.05, 3.63) is 0 Å². The molecule has 0 aliphatic carbocycles. The van der Waals surface area contributed by atoms with Gasteiger partial charge in [0, 0.05) is 12.2 Å². The number of primary amides is 2. The van der Waals surface area contributed by atoms with E-state index in [1.165, 1.54) is 6.92 Å². The van der Waals surface area contributed by atoms with Gasteiger partial charge in [0.25, 0.3) is 0 Å². The second-order valence-electron chi connectivity index (χ2n) is 17.0. The zero-order valence-corrected chi connectivity index (χ0v) is 42.3. The number of rotatable bonds is 34. The predicted octanol–water partition coefficient (Wildman–Crippen LogP) is -10.9. The fourth-order valence-electron chi connectivity index (χ4n) is 6.10. The molecule has 0 fully saturated rings. The van der Waals surface area contributed by atoms with E-state index in [0.29, 0.717) is 6.42 Å². The van der Waals surface area contributed by atoms with Gasteiger partial charge in [0.2, 0.25) is 70.9 Å². The van der Waals surface area contributed by atoms with Crippen LogP contribution in [0.4, 0.5) is 0 Å². The second kappa shape index (κ2) is 33.1. The summed E-state index contributed by atoms with van der Waals surface area (Å²) in [6.07, 6.45) is -6.93. The Labute approximate surface area is 429 Å². The first-order valence-corrected chi connectivity index (χ1v) is 23.4. The number of nitrogens with two attached hydrogens (primary N) is 3. The molecule has 0 rings (SSSR count). The fraction of sp³-hybridized carbons (Fsp3) is 0.683.